The summed E-state index contributed by atoms with van der Waals surface area (Å²) < 4.78 is 0. The van der Waals surface area contributed by atoms with E-state index in [0.29, 0.717) is 0 Å². The summed E-state index contributed by atoms with van der Waals surface area (Å²) in [6, 6.07) is 0. The first-order valence-corrected chi connectivity index (χ1v) is 1.66. The second-order valence-electron chi connectivity index (χ2n) is 1.35. The summed E-state index contributed by atoms with van der Waals surface area (Å²) in [7, 11) is 0. The van der Waals surface area contributed by atoms with E-state index < -0.39 is 5.79 Å². The van der Waals surface area contributed by atoms with Crippen LogP contribution in [0.4, 0.5) is 0 Å². The Morgan fingerprint density at radius 1 is 1.67 bits per heavy atom. The van der Waals surface area contributed by atoms with Crippen molar-refractivity contribution in [1.82, 2.24) is 4.99 Å². The van der Waals surface area contributed by atoms with Crippen molar-refractivity contribution in [2.24, 2.45) is 0 Å². The first-order valence-electron chi connectivity index (χ1n) is 1.66. The van der Waals surface area contributed by atoms with Crippen LogP contribution in [-0.4, -0.2) is 28.8 Å². The quantitative estimate of drug-likeness (QED) is 0.339. The molecule has 6 heavy (non-hydrogen) atoms. The topological polar surface area (TPSA) is 54.6 Å². The van der Waals surface area contributed by atoms with Gasteiger partial charge < -0.3 is 10.2 Å². The summed E-state index contributed by atoms with van der Waals surface area (Å²) in [4.78, 5) is 3.44. The van der Waals surface area contributed by atoms with Gasteiger partial charge in [-0.15, -0.1) is 0 Å². The Bertz CT molecular complexity index is 86.8. The lowest BCUT2D eigenvalue weighted by Gasteiger charge is -2.07. The van der Waals surface area contributed by atoms with Crippen molar-refractivity contribution in [3.8, 4) is 0 Å². The summed E-state index contributed by atoms with van der Waals surface area (Å²) in [5.74, 6) is -1.57. The molecule has 3 heteroatoms. The highest BCUT2D eigenvalue weighted by molar-refractivity contribution is 5.69. The second-order valence-corrected chi connectivity index (χ2v) is 1.35. The van der Waals surface area contributed by atoms with Gasteiger partial charge in [-0.2, -0.15) is 0 Å². The van der Waals surface area contributed by atoms with E-state index in [4.69, 9.17) is 10.2 Å². The highest BCUT2D eigenvalue weighted by Crippen LogP contribution is 1.95. The lowest BCUT2D eigenvalue weighted by molar-refractivity contribution is -0.103. The molecule has 1 rings (SSSR count). The molecule has 1 radical (unpaired) electrons. The van der Waals surface area contributed by atoms with Gasteiger partial charge in [-0.05, 0) is 0 Å². The van der Waals surface area contributed by atoms with Gasteiger partial charge in [0, 0.05) is 4.99 Å². The van der Waals surface area contributed by atoms with Gasteiger partial charge in [0.1, 0.15) is 0 Å². The highest BCUT2D eigenvalue weighted by Gasteiger charge is 2.39. The van der Waals surface area contributed by atoms with Crippen molar-refractivity contribution < 1.29 is 10.2 Å². The minimum Gasteiger partial charge on any atom is -0.353 e. The van der Waals surface area contributed by atoms with Crippen LogP contribution < -0.4 is 4.99 Å². The van der Waals surface area contributed by atoms with Crippen LogP contribution in [0.5, 0.6) is 0 Å². The van der Waals surface area contributed by atoms with Crippen molar-refractivity contribution in [3.63, 3.8) is 0 Å². The fourth-order valence-electron chi connectivity index (χ4n) is 0.255. The highest BCUT2D eigenvalue weighted by atomic mass is 16.5. The molecule has 0 amide bonds. The Hall–Kier alpha value is -0.410. The minimum absolute atomic E-state index is 0.132. The largest absolute Gasteiger partial charge is 0.353 e. The van der Waals surface area contributed by atoms with E-state index >= 15 is 0 Å². The van der Waals surface area contributed by atoms with Crippen LogP contribution in [-0.2, 0) is 0 Å². The molecule has 0 spiro atoms. The van der Waals surface area contributed by atoms with Gasteiger partial charge in [0.25, 0.3) is 12.8 Å². The molecule has 0 aliphatic carbocycles. The monoisotopic (exact) mass is 87.0 g/mol. The maximum atomic E-state index is 8.32. The Labute approximate surface area is 34.9 Å². The van der Waals surface area contributed by atoms with Gasteiger partial charge in [-0.1, -0.05) is 0 Å². The summed E-state index contributed by atoms with van der Waals surface area (Å²) in [6.07, 6.45) is 1.10. The number of rotatable bonds is 0. The fourth-order valence-corrected chi connectivity index (χ4v) is 0.255. The zero-order chi connectivity index (χ0) is 4.62. The summed E-state index contributed by atoms with van der Waals surface area (Å²) in [5, 5.41) is 16.6. The molecule has 1 heterocycles. The van der Waals surface area contributed by atoms with E-state index in [1.165, 1.54) is 0 Å². The lowest BCUT2D eigenvalue weighted by atomic mass is 10.2. The zero-order valence-corrected chi connectivity index (χ0v) is 3.13. The van der Waals surface area contributed by atoms with Gasteiger partial charge in [0.05, 0.1) is 0 Å². The smallest absolute Gasteiger partial charge is 0.317 e. The molecule has 33 valence electrons. The molecule has 0 aromatic rings. The van der Waals surface area contributed by atoms with Gasteiger partial charge in [-0.25, -0.2) is 0 Å². The maximum Gasteiger partial charge on any atom is 0.317 e. The number of hydrogen-bond acceptors (Lipinski definition) is 3. The summed E-state index contributed by atoms with van der Waals surface area (Å²) in [5.41, 5.74) is 0. The third kappa shape index (κ3) is 0.418. The average molecular weight is 87.1 g/mol. The standard InChI is InChI=1S/C3H5NO2/c5-3(6)1-4-2-3/h1,5-6H,2H2/q+1. The molecule has 0 aromatic carbocycles. The van der Waals surface area contributed by atoms with Crippen molar-refractivity contribution in [2.75, 3.05) is 6.54 Å². The van der Waals surface area contributed by atoms with Crippen LogP contribution in [0.3, 0.4) is 0 Å². The van der Waals surface area contributed by atoms with Gasteiger partial charge in [0.2, 0.25) is 0 Å². The molecule has 0 aromatic heterocycles. The van der Waals surface area contributed by atoms with Crippen molar-refractivity contribution in [1.29, 1.82) is 0 Å². The first-order chi connectivity index (χ1) is 2.71. The van der Waals surface area contributed by atoms with Crippen LogP contribution in [0.2, 0.25) is 0 Å². The Morgan fingerprint density at radius 2 is 2.00 bits per heavy atom. The predicted molar refractivity (Wildman–Crippen MR) is 20.2 cm³/mol. The van der Waals surface area contributed by atoms with Gasteiger partial charge in [0.15, 0.2) is 0 Å². The number of aliphatic imine (C=N–C) groups is 1. The molecular formula is C3H5NO2+. The Morgan fingerprint density at radius 3 is 2.00 bits per heavy atom. The van der Waals surface area contributed by atoms with Crippen LogP contribution in [0.25, 0.3) is 0 Å². The molecule has 3 nitrogen and oxygen atoms in total. The van der Waals surface area contributed by atoms with Crippen LogP contribution in [0, 0.1) is 0 Å². The molecule has 0 saturated heterocycles. The molecule has 0 fully saturated rings. The van der Waals surface area contributed by atoms with Crippen LogP contribution >= 0.6 is 0 Å². The third-order valence-electron chi connectivity index (χ3n) is 0.622. The third-order valence-corrected chi connectivity index (χ3v) is 0.622. The maximum absolute atomic E-state index is 8.32. The van der Waals surface area contributed by atoms with E-state index in [0.717, 1.165) is 6.21 Å². The Kier molecular flexibility index (Phi) is 0.504. The molecule has 0 bridgehead atoms. The van der Waals surface area contributed by atoms with Gasteiger partial charge in [-0.3, -0.25) is 0 Å². The summed E-state index contributed by atoms with van der Waals surface area (Å²) >= 11 is 0. The first kappa shape index (κ1) is 3.77. The average Bonchev–Trinajstić information content (AvgIpc) is 1.32. The number of hydrogen-bond donors (Lipinski definition) is 2. The molecule has 2 N–H and O–H groups in total. The predicted octanol–water partition coefficient (Wildman–Crippen LogP) is -1.91. The molecule has 1 aliphatic rings. The second kappa shape index (κ2) is 0.802. The number of aliphatic hydroxyl groups is 2. The normalized spacial score (nSPS) is 26.3. The van der Waals surface area contributed by atoms with E-state index in [2.05, 4.69) is 4.99 Å². The molecule has 0 saturated carbocycles. The van der Waals surface area contributed by atoms with E-state index in [-0.39, 0.29) is 6.54 Å². The molecule has 1 aliphatic heterocycles. The van der Waals surface area contributed by atoms with Crippen LogP contribution in [0.15, 0.2) is 0 Å². The van der Waals surface area contributed by atoms with Crippen molar-refractivity contribution in [2.45, 2.75) is 5.79 Å². The van der Waals surface area contributed by atoms with E-state index in [9.17, 15) is 0 Å². The fraction of sp³-hybridized carbons (Fsp3) is 0.667. The zero-order valence-electron chi connectivity index (χ0n) is 3.13. The summed E-state index contributed by atoms with van der Waals surface area (Å²) in [6.45, 7) is 0.132. The molecular weight excluding hydrogens is 82.0 g/mol. The molecule has 0 atom stereocenters. The SMILES string of the molecule is OC1(O)C=[N+]C1. The van der Waals surface area contributed by atoms with Crippen molar-refractivity contribution in [3.05, 3.63) is 0 Å². The van der Waals surface area contributed by atoms with Crippen LogP contribution in [0.1, 0.15) is 0 Å². The van der Waals surface area contributed by atoms with Gasteiger partial charge >= 0.3 is 5.79 Å². The van der Waals surface area contributed by atoms with Crippen molar-refractivity contribution >= 4 is 6.21 Å². The lowest BCUT2D eigenvalue weighted by Crippen LogP contribution is -2.47. The van der Waals surface area contributed by atoms with E-state index in [1.54, 1.807) is 0 Å². The Balaban J connectivity index is 2.57. The number of nitrogens with zero attached hydrogens (tertiary/aromatic N) is 1. The van der Waals surface area contributed by atoms with E-state index in [1.807, 2.05) is 0 Å². The molecule has 0 unspecified atom stereocenters. The minimum atomic E-state index is -1.57.